The van der Waals surface area contributed by atoms with Crippen molar-refractivity contribution in [2.45, 2.75) is 33.2 Å². The zero-order chi connectivity index (χ0) is 14.3. The summed E-state index contributed by atoms with van der Waals surface area (Å²) in [4.78, 5) is 2.43. The van der Waals surface area contributed by atoms with E-state index in [-0.39, 0.29) is 6.04 Å². The van der Waals surface area contributed by atoms with Gasteiger partial charge in [-0.1, -0.05) is 39.3 Å². The third-order valence-corrected chi connectivity index (χ3v) is 3.69. The van der Waals surface area contributed by atoms with Gasteiger partial charge in [-0.15, -0.1) is 0 Å². The number of ether oxygens (including phenoxy) is 1. The van der Waals surface area contributed by atoms with Crippen LogP contribution < -0.4 is 10.5 Å². The molecule has 2 atom stereocenters. The Hall–Kier alpha value is -1.06. The Morgan fingerprint density at radius 2 is 2.00 bits per heavy atom. The first-order valence-corrected chi connectivity index (χ1v) is 7.22. The van der Waals surface area contributed by atoms with Crippen LogP contribution in [0.25, 0.3) is 0 Å². The van der Waals surface area contributed by atoms with E-state index in [9.17, 15) is 0 Å². The predicted octanol–water partition coefficient (Wildman–Crippen LogP) is 3.06. The third-order valence-electron chi connectivity index (χ3n) is 3.69. The minimum Gasteiger partial charge on any atom is -0.497 e. The number of nitrogens with two attached hydrogens (primary N) is 1. The number of rotatable bonds is 8. The number of nitrogens with zero attached hydrogens (tertiary/aromatic N) is 1. The van der Waals surface area contributed by atoms with Crippen molar-refractivity contribution in [1.29, 1.82) is 0 Å². The van der Waals surface area contributed by atoms with Gasteiger partial charge in [-0.3, -0.25) is 0 Å². The summed E-state index contributed by atoms with van der Waals surface area (Å²) in [6.07, 6.45) is 1.21. The van der Waals surface area contributed by atoms with Gasteiger partial charge in [0.1, 0.15) is 5.75 Å². The molecule has 0 fully saturated rings. The Balaban J connectivity index is 2.62. The van der Waals surface area contributed by atoms with E-state index in [0.717, 1.165) is 36.9 Å². The average molecular weight is 264 g/mol. The van der Waals surface area contributed by atoms with E-state index in [4.69, 9.17) is 10.5 Å². The molecule has 0 spiro atoms. The maximum Gasteiger partial charge on any atom is 0.119 e. The molecule has 0 aliphatic carbocycles. The summed E-state index contributed by atoms with van der Waals surface area (Å²) in [6.45, 7) is 9.78. The Bertz CT molecular complexity index is 368. The van der Waals surface area contributed by atoms with Gasteiger partial charge in [-0.05, 0) is 30.2 Å². The van der Waals surface area contributed by atoms with Crippen LogP contribution in [0, 0.1) is 5.92 Å². The van der Waals surface area contributed by atoms with E-state index >= 15 is 0 Å². The van der Waals surface area contributed by atoms with Crippen LogP contribution in [0.5, 0.6) is 5.75 Å². The second-order valence-corrected chi connectivity index (χ2v) is 5.25. The van der Waals surface area contributed by atoms with Crippen LogP contribution in [0.1, 0.15) is 38.8 Å². The highest BCUT2D eigenvalue weighted by molar-refractivity contribution is 5.30. The molecule has 19 heavy (non-hydrogen) atoms. The molecule has 108 valence electrons. The van der Waals surface area contributed by atoms with Gasteiger partial charge in [-0.2, -0.15) is 0 Å². The van der Waals surface area contributed by atoms with Crippen LogP contribution in [0.4, 0.5) is 0 Å². The fourth-order valence-corrected chi connectivity index (χ4v) is 2.16. The van der Waals surface area contributed by atoms with Crippen molar-refractivity contribution in [3.05, 3.63) is 29.8 Å². The fraction of sp³-hybridized carbons (Fsp3) is 0.625. The molecule has 0 saturated heterocycles. The molecule has 2 unspecified atom stereocenters. The van der Waals surface area contributed by atoms with E-state index in [1.807, 2.05) is 18.2 Å². The lowest BCUT2D eigenvalue weighted by molar-refractivity contribution is 0.232. The lowest BCUT2D eigenvalue weighted by Gasteiger charge is -2.27. The number of benzene rings is 1. The average Bonchev–Trinajstić information content (AvgIpc) is 2.46. The smallest absolute Gasteiger partial charge is 0.119 e. The molecule has 1 aromatic rings. The van der Waals surface area contributed by atoms with Gasteiger partial charge in [0, 0.05) is 19.1 Å². The van der Waals surface area contributed by atoms with Gasteiger partial charge in [-0.25, -0.2) is 0 Å². The molecule has 0 bridgehead atoms. The normalized spacial score (nSPS) is 14.4. The number of methoxy groups -OCH3 is 1. The molecule has 0 aliphatic rings. The Morgan fingerprint density at radius 1 is 1.26 bits per heavy atom. The second kappa shape index (κ2) is 8.18. The number of likely N-dealkylation sites (N-methyl/N-ethyl adjacent to an activating group) is 1. The molecule has 0 aliphatic heterocycles. The van der Waals surface area contributed by atoms with Gasteiger partial charge in [0.25, 0.3) is 0 Å². The molecule has 0 saturated carbocycles. The highest BCUT2D eigenvalue weighted by Crippen LogP contribution is 2.19. The zero-order valence-electron chi connectivity index (χ0n) is 12.7. The van der Waals surface area contributed by atoms with Crippen LogP contribution in [-0.4, -0.2) is 31.6 Å². The molecule has 0 heterocycles. The lowest BCUT2D eigenvalue weighted by atomic mass is 10.0. The van der Waals surface area contributed by atoms with Crippen molar-refractivity contribution < 1.29 is 4.74 Å². The molecule has 1 aromatic carbocycles. The van der Waals surface area contributed by atoms with E-state index in [2.05, 4.69) is 31.7 Å². The highest BCUT2D eigenvalue weighted by Gasteiger charge is 2.13. The van der Waals surface area contributed by atoms with Crippen molar-refractivity contribution >= 4 is 0 Å². The largest absolute Gasteiger partial charge is 0.497 e. The summed E-state index contributed by atoms with van der Waals surface area (Å²) >= 11 is 0. The monoisotopic (exact) mass is 264 g/mol. The lowest BCUT2D eigenvalue weighted by Crippen LogP contribution is -2.35. The predicted molar refractivity (Wildman–Crippen MR) is 81.5 cm³/mol. The van der Waals surface area contributed by atoms with Crippen molar-refractivity contribution in [1.82, 2.24) is 4.90 Å². The summed E-state index contributed by atoms with van der Waals surface area (Å²) in [5.41, 5.74) is 7.46. The standard InChI is InChI=1S/C16H28N2O/c1-5-13(3)11-18(6-2)12-16(17)14-8-7-9-15(10-14)19-4/h7-10,13,16H,5-6,11-12,17H2,1-4H3. The van der Waals surface area contributed by atoms with Crippen LogP contribution in [0.2, 0.25) is 0 Å². The quantitative estimate of drug-likeness (QED) is 0.784. The first kappa shape index (κ1) is 16.0. The van der Waals surface area contributed by atoms with Crippen LogP contribution >= 0.6 is 0 Å². The van der Waals surface area contributed by atoms with Gasteiger partial charge >= 0.3 is 0 Å². The molecule has 1 rings (SSSR count). The van der Waals surface area contributed by atoms with Crippen molar-refractivity contribution in [2.24, 2.45) is 11.7 Å². The van der Waals surface area contributed by atoms with E-state index in [1.54, 1.807) is 7.11 Å². The molecular weight excluding hydrogens is 236 g/mol. The van der Waals surface area contributed by atoms with Crippen LogP contribution in [0.3, 0.4) is 0 Å². The number of hydrogen-bond acceptors (Lipinski definition) is 3. The van der Waals surface area contributed by atoms with Gasteiger partial charge < -0.3 is 15.4 Å². The molecule has 3 nitrogen and oxygen atoms in total. The summed E-state index contributed by atoms with van der Waals surface area (Å²) in [6, 6.07) is 8.09. The van der Waals surface area contributed by atoms with E-state index in [1.165, 1.54) is 6.42 Å². The molecule has 3 heteroatoms. The maximum atomic E-state index is 6.32. The van der Waals surface area contributed by atoms with Crippen LogP contribution in [-0.2, 0) is 0 Å². The Labute approximate surface area is 117 Å². The first-order chi connectivity index (χ1) is 9.10. The third kappa shape index (κ3) is 5.21. The maximum absolute atomic E-state index is 6.32. The Morgan fingerprint density at radius 3 is 2.58 bits per heavy atom. The summed E-state index contributed by atoms with van der Waals surface area (Å²) in [5, 5.41) is 0. The summed E-state index contributed by atoms with van der Waals surface area (Å²) in [7, 11) is 1.69. The van der Waals surface area contributed by atoms with E-state index < -0.39 is 0 Å². The van der Waals surface area contributed by atoms with Crippen LogP contribution in [0.15, 0.2) is 24.3 Å². The molecule has 2 N–H and O–H groups in total. The summed E-state index contributed by atoms with van der Waals surface area (Å²) < 4.78 is 5.25. The molecular formula is C16H28N2O. The first-order valence-electron chi connectivity index (χ1n) is 7.22. The van der Waals surface area contributed by atoms with Crippen molar-refractivity contribution in [3.63, 3.8) is 0 Å². The second-order valence-electron chi connectivity index (χ2n) is 5.25. The molecule has 0 aromatic heterocycles. The summed E-state index contributed by atoms with van der Waals surface area (Å²) in [5.74, 6) is 1.59. The zero-order valence-corrected chi connectivity index (χ0v) is 12.7. The molecule has 0 radical (unpaired) electrons. The SMILES string of the molecule is CCC(C)CN(CC)CC(N)c1cccc(OC)c1. The topological polar surface area (TPSA) is 38.5 Å². The van der Waals surface area contributed by atoms with Crippen molar-refractivity contribution in [3.8, 4) is 5.75 Å². The van der Waals surface area contributed by atoms with Crippen molar-refractivity contribution in [2.75, 3.05) is 26.7 Å². The van der Waals surface area contributed by atoms with Gasteiger partial charge in [0.15, 0.2) is 0 Å². The van der Waals surface area contributed by atoms with Gasteiger partial charge in [0.05, 0.1) is 7.11 Å². The minimum atomic E-state index is 0.0408. The Kier molecular flexibility index (Phi) is 6.89. The highest BCUT2D eigenvalue weighted by atomic mass is 16.5. The number of hydrogen-bond donors (Lipinski definition) is 1. The minimum absolute atomic E-state index is 0.0408. The molecule has 0 amide bonds. The van der Waals surface area contributed by atoms with E-state index in [0.29, 0.717) is 0 Å². The van der Waals surface area contributed by atoms with Gasteiger partial charge in [0.2, 0.25) is 0 Å². The fourth-order valence-electron chi connectivity index (χ4n) is 2.16.